The Kier molecular flexibility index (Phi) is 4.62. The van der Waals surface area contributed by atoms with Gasteiger partial charge in [-0.2, -0.15) is 0 Å². The maximum Gasteiger partial charge on any atom is 0.281 e. The Hall–Kier alpha value is -2.66. The van der Waals surface area contributed by atoms with Crippen LogP contribution in [-0.4, -0.2) is 18.1 Å². The van der Waals surface area contributed by atoms with Gasteiger partial charge in [0.15, 0.2) is 5.11 Å². The maximum absolute atomic E-state index is 12.8. The third kappa shape index (κ3) is 3.03. The van der Waals surface area contributed by atoms with Gasteiger partial charge in [-0.25, -0.2) is 4.90 Å². The van der Waals surface area contributed by atoms with Gasteiger partial charge in [0.2, 0.25) is 0 Å². The van der Waals surface area contributed by atoms with Crippen LogP contribution < -0.4 is 15.0 Å². The molecule has 1 heterocycles. The first-order valence-electron chi connectivity index (χ1n) is 7.73. The van der Waals surface area contributed by atoms with Gasteiger partial charge in [0.1, 0.15) is 11.4 Å². The number of nitrogens with one attached hydrogen (secondary N) is 1. The predicted octanol–water partition coefficient (Wildman–Crippen LogP) is 3.52. The van der Waals surface area contributed by atoms with Crippen molar-refractivity contribution in [3.63, 3.8) is 0 Å². The number of anilines is 1. The monoisotopic (exact) mass is 338 g/mol. The number of carbonyl (C=O) groups excluding carboxylic acids is 1. The fraction of sp³-hybridized carbons (Fsp3) is 0.158. The summed E-state index contributed by atoms with van der Waals surface area (Å²) in [5.41, 5.74) is 3.30. The van der Waals surface area contributed by atoms with Crippen molar-refractivity contribution in [3.8, 4) is 5.75 Å². The van der Waals surface area contributed by atoms with E-state index in [0.717, 1.165) is 12.0 Å². The molecule has 0 saturated carbocycles. The van der Waals surface area contributed by atoms with Crippen molar-refractivity contribution in [3.05, 3.63) is 65.4 Å². The number of benzene rings is 2. The summed E-state index contributed by atoms with van der Waals surface area (Å²) < 4.78 is 5.33. The molecule has 1 saturated heterocycles. The summed E-state index contributed by atoms with van der Waals surface area (Å²) >= 11 is 5.34. The van der Waals surface area contributed by atoms with Gasteiger partial charge in [-0.05, 0) is 48.0 Å². The fourth-order valence-corrected chi connectivity index (χ4v) is 2.88. The van der Waals surface area contributed by atoms with Crippen molar-refractivity contribution in [1.29, 1.82) is 0 Å². The second kappa shape index (κ2) is 6.84. The van der Waals surface area contributed by atoms with Crippen molar-refractivity contribution in [2.75, 3.05) is 12.0 Å². The molecule has 24 heavy (non-hydrogen) atoms. The number of ether oxygens (including phenoxy) is 1. The van der Waals surface area contributed by atoms with Crippen LogP contribution in [0.15, 0.2) is 54.2 Å². The van der Waals surface area contributed by atoms with Crippen molar-refractivity contribution in [1.82, 2.24) is 5.32 Å². The normalized spacial score (nSPS) is 15.8. The molecule has 0 unspecified atom stereocenters. The average molecular weight is 338 g/mol. The molecule has 5 heteroatoms. The molecule has 1 fully saturated rings. The second-order valence-electron chi connectivity index (χ2n) is 5.40. The zero-order chi connectivity index (χ0) is 17.1. The molecule has 1 N–H and O–H groups in total. The number of aryl methyl sites for hydroxylation is 1. The summed E-state index contributed by atoms with van der Waals surface area (Å²) in [5, 5.41) is 3.34. The quantitative estimate of drug-likeness (QED) is 0.684. The van der Waals surface area contributed by atoms with E-state index in [2.05, 4.69) is 24.4 Å². The number of amides is 1. The number of rotatable bonds is 4. The van der Waals surface area contributed by atoms with Gasteiger partial charge in [-0.1, -0.05) is 43.3 Å². The molecule has 2 aromatic rings. The van der Waals surface area contributed by atoms with Crippen molar-refractivity contribution in [2.24, 2.45) is 0 Å². The van der Waals surface area contributed by atoms with E-state index in [1.807, 2.05) is 36.4 Å². The van der Waals surface area contributed by atoms with Crippen LogP contribution in [0, 0.1) is 0 Å². The molecule has 0 atom stereocenters. The lowest BCUT2D eigenvalue weighted by molar-refractivity contribution is -0.113. The van der Waals surface area contributed by atoms with E-state index in [4.69, 9.17) is 17.0 Å². The first kappa shape index (κ1) is 16.2. The molecular weight excluding hydrogens is 320 g/mol. The number of nitrogens with zero attached hydrogens (tertiary/aromatic N) is 1. The van der Waals surface area contributed by atoms with Gasteiger partial charge in [0.25, 0.3) is 5.91 Å². The highest BCUT2D eigenvalue weighted by Gasteiger charge is 2.33. The van der Waals surface area contributed by atoms with Gasteiger partial charge >= 0.3 is 0 Å². The van der Waals surface area contributed by atoms with Crippen LogP contribution in [0.1, 0.15) is 18.1 Å². The van der Waals surface area contributed by atoms with Crippen LogP contribution in [0.4, 0.5) is 5.69 Å². The van der Waals surface area contributed by atoms with Crippen molar-refractivity contribution < 1.29 is 9.53 Å². The first-order valence-corrected chi connectivity index (χ1v) is 8.14. The fourth-order valence-electron chi connectivity index (χ4n) is 2.58. The third-order valence-corrected chi connectivity index (χ3v) is 4.19. The molecule has 3 rings (SSSR count). The Morgan fingerprint density at radius 2 is 1.88 bits per heavy atom. The minimum Gasteiger partial charge on any atom is -0.495 e. The lowest BCUT2D eigenvalue weighted by Gasteiger charge is -2.17. The Morgan fingerprint density at radius 1 is 1.17 bits per heavy atom. The average Bonchev–Trinajstić information content (AvgIpc) is 2.89. The predicted molar refractivity (Wildman–Crippen MR) is 100 cm³/mol. The van der Waals surface area contributed by atoms with Crippen molar-refractivity contribution in [2.45, 2.75) is 13.3 Å². The van der Waals surface area contributed by atoms with E-state index in [1.165, 1.54) is 10.5 Å². The number of methoxy groups -OCH3 is 1. The van der Waals surface area contributed by atoms with E-state index >= 15 is 0 Å². The van der Waals surface area contributed by atoms with E-state index in [0.29, 0.717) is 22.2 Å². The number of thiocarbonyl (C=S) groups is 1. The smallest absolute Gasteiger partial charge is 0.281 e. The highest BCUT2D eigenvalue weighted by atomic mass is 32.1. The van der Waals surface area contributed by atoms with Crippen LogP contribution in [0.25, 0.3) is 6.08 Å². The molecule has 2 aromatic carbocycles. The lowest BCUT2D eigenvalue weighted by Crippen LogP contribution is -2.30. The van der Waals surface area contributed by atoms with Gasteiger partial charge in [-0.3, -0.25) is 4.79 Å². The van der Waals surface area contributed by atoms with Crippen LogP contribution >= 0.6 is 12.2 Å². The van der Waals surface area contributed by atoms with E-state index in [9.17, 15) is 4.79 Å². The van der Waals surface area contributed by atoms with Gasteiger partial charge in [0.05, 0.1) is 12.8 Å². The van der Waals surface area contributed by atoms with Gasteiger partial charge < -0.3 is 10.1 Å². The van der Waals surface area contributed by atoms with E-state index in [-0.39, 0.29) is 5.91 Å². The minimum absolute atomic E-state index is 0.191. The summed E-state index contributed by atoms with van der Waals surface area (Å²) in [5.74, 6) is 0.410. The van der Waals surface area contributed by atoms with Gasteiger partial charge in [0, 0.05) is 0 Å². The maximum atomic E-state index is 12.8. The molecule has 0 spiro atoms. The standard InChI is InChI=1S/C19H18N2O2S/c1-3-13-8-10-14(11-9-13)12-15-18(22)21(19(24)20-15)16-6-4-5-7-17(16)23-2/h4-12H,3H2,1-2H3,(H,20,24)/b15-12+. The minimum atomic E-state index is -0.191. The summed E-state index contributed by atoms with van der Waals surface area (Å²) in [7, 11) is 1.57. The summed E-state index contributed by atoms with van der Waals surface area (Å²) in [6, 6.07) is 15.4. The largest absolute Gasteiger partial charge is 0.495 e. The molecule has 1 aliphatic heterocycles. The zero-order valence-electron chi connectivity index (χ0n) is 13.6. The number of hydrogen-bond acceptors (Lipinski definition) is 3. The van der Waals surface area contributed by atoms with Crippen LogP contribution in [0.3, 0.4) is 0 Å². The summed E-state index contributed by atoms with van der Waals surface area (Å²) in [6.07, 6.45) is 2.79. The second-order valence-corrected chi connectivity index (χ2v) is 5.78. The molecule has 0 aromatic heterocycles. The molecular formula is C19H18N2O2S. The summed E-state index contributed by atoms with van der Waals surface area (Å²) in [4.78, 5) is 14.2. The highest BCUT2D eigenvalue weighted by Crippen LogP contribution is 2.31. The Labute approximate surface area is 146 Å². The molecule has 1 amide bonds. The van der Waals surface area contributed by atoms with Crippen LogP contribution in [0.2, 0.25) is 0 Å². The number of carbonyl (C=O) groups is 1. The molecule has 0 radical (unpaired) electrons. The summed E-state index contributed by atoms with van der Waals surface area (Å²) in [6.45, 7) is 2.11. The number of hydrogen-bond donors (Lipinski definition) is 1. The van der Waals surface area contributed by atoms with Crippen LogP contribution in [0.5, 0.6) is 5.75 Å². The van der Waals surface area contributed by atoms with E-state index in [1.54, 1.807) is 13.2 Å². The Balaban J connectivity index is 1.92. The third-order valence-electron chi connectivity index (χ3n) is 3.90. The van der Waals surface area contributed by atoms with Crippen LogP contribution in [-0.2, 0) is 11.2 Å². The number of para-hydroxylation sites is 2. The topological polar surface area (TPSA) is 41.6 Å². The molecule has 122 valence electrons. The van der Waals surface area contributed by atoms with Gasteiger partial charge in [-0.15, -0.1) is 0 Å². The van der Waals surface area contributed by atoms with Crippen molar-refractivity contribution >= 4 is 35.0 Å². The van der Waals surface area contributed by atoms with E-state index < -0.39 is 0 Å². The SMILES string of the molecule is CCc1ccc(/C=C2/NC(=S)N(c3ccccc3OC)C2=O)cc1. The lowest BCUT2D eigenvalue weighted by atomic mass is 10.1. The molecule has 1 aliphatic rings. The molecule has 4 nitrogen and oxygen atoms in total. The first-order chi connectivity index (χ1) is 11.6. The molecule has 0 aliphatic carbocycles. The zero-order valence-corrected chi connectivity index (χ0v) is 14.4. The Morgan fingerprint density at radius 3 is 2.54 bits per heavy atom. The Bertz CT molecular complexity index is 812. The highest BCUT2D eigenvalue weighted by molar-refractivity contribution is 7.80. The molecule has 0 bridgehead atoms.